The summed E-state index contributed by atoms with van der Waals surface area (Å²) in [5.74, 6) is -0.735. The molecule has 0 bridgehead atoms. The van der Waals surface area contributed by atoms with E-state index >= 15 is 0 Å². The Morgan fingerprint density at radius 3 is 2.10 bits per heavy atom. The average molecular weight is 301 g/mol. The number of carboxylic acid groups (broad SMARTS) is 1. The molecule has 2 N–H and O–H groups in total. The maximum atomic E-state index is 12.4. The zero-order valence-corrected chi connectivity index (χ0v) is 14.2. The van der Waals surface area contributed by atoms with Crippen molar-refractivity contribution in [3.05, 3.63) is 0 Å². The van der Waals surface area contributed by atoms with Gasteiger partial charge in [0.25, 0.3) is 0 Å². The van der Waals surface area contributed by atoms with E-state index in [0.717, 1.165) is 6.54 Å². The lowest BCUT2D eigenvalue weighted by Gasteiger charge is -2.29. The highest BCUT2D eigenvalue weighted by Gasteiger charge is 2.27. The largest absolute Gasteiger partial charge is 0.480 e. The van der Waals surface area contributed by atoms with E-state index in [1.807, 2.05) is 46.7 Å². The molecule has 124 valence electrons. The molecule has 0 aliphatic carbocycles. The Morgan fingerprint density at radius 2 is 1.71 bits per heavy atom. The second kappa shape index (κ2) is 9.60. The summed E-state index contributed by atoms with van der Waals surface area (Å²) in [4.78, 5) is 27.4. The van der Waals surface area contributed by atoms with E-state index in [1.54, 1.807) is 4.90 Å². The van der Waals surface area contributed by atoms with Gasteiger partial charge >= 0.3 is 12.0 Å². The molecule has 0 aromatic heterocycles. The third kappa shape index (κ3) is 7.90. The van der Waals surface area contributed by atoms with Gasteiger partial charge in [0, 0.05) is 19.6 Å². The Bertz CT molecular complexity index is 332. The van der Waals surface area contributed by atoms with Gasteiger partial charge in [0.05, 0.1) is 0 Å². The normalized spacial score (nSPS) is 14.1. The fraction of sp³-hybridized carbons (Fsp3) is 0.867. The van der Waals surface area contributed by atoms with Crippen LogP contribution in [0.3, 0.4) is 0 Å². The monoisotopic (exact) mass is 301 g/mol. The lowest BCUT2D eigenvalue weighted by molar-refractivity contribution is -0.140. The van der Waals surface area contributed by atoms with E-state index in [2.05, 4.69) is 5.32 Å². The molecule has 0 aromatic carbocycles. The summed E-state index contributed by atoms with van der Waals surface area (Å²) >= 11 is 0. The zero-order chi connectivity index (χ0) is 16.6. The lowest BCUT2D eigenvalue weighted by atomic mass is 9.99. The molecule has 0 heterocycles. The van der Waals surface area contributed by atoms with Gasteiger partial charge in [-0.25, -0.2) is 9.59 Å². The topological polar surface area (TPSA) is 72.9 Å². The van der Waals surface area contributed by atoms with Gasteiger partial charge < -0.3 is 20.2 Å². The van der Waals surface area contributed by atoms with Gasteiger partial charge in [-0.3, -0.25) is 0 Å². The Balaban J connectivity index is 4.79. The van der Waals surface area contributed by atoms with Gasteiger partial charge in [0.2, 0.25) is 0 Å². The Morgan fingerprint density at radius 1 is 1.14 bits per heavy atom. The number of nitrogens with zero attached hydrogens (tertiary/aromatic N) is 2. The first-order valence-electron chi connectivity index (χ1n) is 7.61. The number of hydrogen-bond donors (Lipinski definition) is 2. The first-order chi connectivity index (χ1) is 9.68. The lowest BCUT2D eigenvalue weighted by Crippen LogP contribution is -2.52. The van der Waals surface area contributed by atoms with Gasteiger partial charge in [-0.1, -0.05) is 34.1 Å². The van der Waals surface area contributed by atoms with Gasteiger partial charge in [0.15, 0.2) is 0 Å². The highest BCUT2D eigenvalue weighted by molar-refractivity contribution is 5.82. The van der Waals surface area contributed by atoms with Crippen molar-refractivity contribution >= 4 is 12.0 Å². The number of amides is 2. The fourth-order valence-corrected chi connectivity index (χ4v) is 1.94. The second-order valence-corrected chi connectivity index (χ2v) is 6.29. The minimum absolute atomic E-state index is 0.0961. The molecule has 2 unspecified atom stereocenters. The van der Waals surface area contributed by atoms with Crippen LogP contribution in [0.15, 0.2) is 0 Å². The molecule has 6 nitrogen and oxygen atoms in total. The summed E-state index contributed by atoms with van der Waals surface area (Å²) in [6.45, 7) is 9.80. The molecule has 0 fully saturated rings. The van der Waals surface area contributed by atoms with Crippen molar-refractivity contribution in [2.24, 2.45) is 11.8 Å². The number of carbonyl (C=O) groups is 2. The van der Waals surface area contributed by atoms with Crippen LogP contribution in [0.5, 0.6) is 0 Å². The number of carbonyl (C=O) groups excluding carboxylic acids is 1. The number of rotatable bonds is 9. The summed E-state index contributed by atoms with van der Waals surface area (Å²) < 4.78 is 0. The van der Waals surface area contributed by atoms with Gasteiger partial charge in [0.1, 0.15) is 6.04 Å². The zero-order valence-electron chi connectivity index (χ0n) is 14.2. The van der Waals surface area contributed by atoms with Crippen LogP contribution in [0.25, 0.3) is 0 Å². The van der Waals surface area contributed by atoms with Crippen molar-refractivity contribution < 1.29 is 14.7 Å². The Labute approximate surface area is 128 Å². The molecule has 0 spiro atoms. The van der Waals surface area contributed by atoms with Crippen molar-refractivity contribution in [3.8, 4) is 0 Å². The molecular formula is C15H31N3O3. The van der Waals surface area contributed by atoms with Crippen LogP contribution in [0.1, 0.15) is 34.1 Å². The van der Waals surface area contributed by atoms with Crippen molar-refractivity contribution in [1.82, 2.24) is 15.1 Å². The minimum atomic E-state index is -0.977. The first-order valence-corrected chi connectivity index (χ1v) is 7.61. The van der Waals surface area contributed by atoms with Gasteiger partial charge in [-0.2, -0.15) is 0 Å². The van der Waals surface area contributed by atoms with Crippen LogP contribution >= 0.6 is 0 Å². The molecule has 0 radical (unpaired) electrons. The molecule has 2 atom stereocenters. The van der Waals surface area contributed by atoms with Crippen molar-refractivity contribution in [3.63, 3.8) is 0 Å². The smallest absolute Gasteiger partial charge is 0.326 e. The van der Waals surface area contributed by atoms with Crippen molar-refractivity contribution in [2.45, 2.75) is 40.2 Å². The molecule has 21 heavy (non-hydrogen) atoms. The van der Waals surface area contributed by atoms with Crippen LogP contribution in [0.4, 0.5) is 4.79 Å². The number of carboxylic acids is 1. The van der Waals surface area contributed by atoms with Crippen LogP contribution in [-0.2, 0) is 4.79 Å². The van der Waals surface area contributed by atoms with Crippen LogP contribution < -0.4 is 5.32 Å². The third-order valence-corrected chi connectivity index (χ3v) is 3.45. The molecule has 0 rings (SSSR count). The fourth-order valence-electron chi connectivity index (χ4n) is 1.94. The standard InChI is InChI=1S/C15H31N3O3/c1-7-12(4)13(14(19)20)16-15(21)18(10-11(2)3)9-8-17(5)6/h11-13H,7-10H2,1-6H3,(H,16,21)(H,19,20). The number of nitrogens with one attached hydrogen (secondary N) is 1. The Hall–Kier alpha value is -1.30. The van der Waals surface area contributed by atoms with Crippen LogP contribution in [0.2, 0.25) is 0 Å². The summed E-state index contributed by atoms with van der Waals surface area (Å²) in [5, 5.41) is 11.9. The summed E-state index contributed by atoms with van der Waals surface area (Å²) in [5.41, 5.74) is 0. The number of likely N-dealkylation sites (N-methyl/N-ethyl adjacent to an activating group) is 1. The molecule has 0 aliphatic heterocycles. The quantitative estimate of drug-likeness (QED) is 0.680. The molecular weight excluding hydrogens is 270 g/mol. The maximum absolute atomic E-state index is 12.4. The molecule has 0 saturated heterocycles. The first kappa shape index (κ1) is 19.7. The van der Waals surface area contributed by atoms with Crippen LogP contribution in [-0.4, -0.2) is 66.7 Å². The van der Waals surface area contributed by atoms with E-state index in [4.69, 9.17) is 0 Å². The summed E-state index contributed by atoms with van der Waals surface area (Å²) in [6, 6.07) is -1.13. The average Bonchev–Trinajstić information content (AvgIpc) is 2.38. The number of urea groups is 1. The predicted molar refractivity (Wildman–Crippen MR) is 84.4 cm³/mol. The summed E-state index contributed by atoms with van der Waals surface area (Å²) in [6.07, 6.45) is 0.707. The molecule has 6 heteroatoms. The highest BCUT2D eigenvalue weighted by atomic mass is 16.4. The highest BCUT2D eigenvalue weighted by Crippen LogP contribution is 2.09. The van der Waals surface area contributed by atoms with E-state index in [9.17, 15) is 14.7 Å². The Kier molecular flexibility index (Phi) is 9.01. The van der Waals surface area contributed by atoms with Gasteiger partial charge in [-0.15, -0.1) is 0 Å². The second-order valence-electron chi connectivity index (χ2n) is 6.29. The van der Waals surface area contributed by atoms with Crippen molar-refractivity contribution in [1.29, 1.82) is 0 Å². The van der Waals surface area contributed by atoms with E-state index in [0.29, 0.717) is 25.4 Å². The van der Waals surface area contributed by atoms with E-state index in [-0.39, 0.29) is 11.9 Å². The van der Waals surface area contributed by atoms with Crippen molar-refractivity contribution in [2.75, 3.05) is 33.7 Å². The number of aliphatic carboxylic acids is 1. The van der Waals surface area contributed by atoms with Crippen LogP contribution in [0, 0.1) is 11.8 Å². The van der Waals surface area contributed by atoms with E-state index in [1.165, 1.54) is 0 Å². The van der Waals surface area contributed by atoms with E-state index < -0.39 is 12.0 Å². The molecule has 0 aromatic rings. The maximum Gasteiger partial charge on any atom is 0.326 e. The summed E-state index contributed by atoms with van der Waals surface area (Å²) in [7, 11) is 3.90. The number of hydrogen-bond acceptors (Lipinski definition) is 3. The molecule has 2 amide bonds. The third-order valence-electron chi connectivity index (χ3n) is 3.45. The molecule has 0 aliphatic rings. The predicted octanol–water partition coefficient (Wildman–Crippen LogP) is 1.71. The molecule has 0 saturated carbocycles. The SMILES string of the molecule is CCC(C)C(NC(=O)N(CCN(C)C)CC(C)C)C(=O)O. The van der Waals surface area contributed by atoms with Gasteiger partial charge in [-0.05, 0) is 25.9 Å². The minimum Gasteiger partial charge on any atom is -0.480 e.